The molecule has 18 heavy (non-hydrogen) atoms. The quantitative estimate of drug-likeness (QED) is 0.483. The number of rotatable bonds is 4. The topological polar surface area (TPSA) is 91.5 Å². The fourth-order valence-electron chi connectivity index (χ4n) is 1.19. The van der Waals surface area contributed by atoms with Crippen molar-refractivity contribution in [3.63, 3.8) is 0 Å². The van der Waals surface area contributed by atoms with Crippen LogP contribution in [0.3, 0.4) is 0 Å². The van der Waals surface area contributed by atoms with Gasteiger partial charge in [0, 0.05) is 13.1 Å². The van der Waals surface area contributed by atoms with Gasteiger partial charge in [-0.3, -0.25) is 9.78 Å². The largest absolute Gasteiger partial charge is 0.460 e. The molecule has 6 heteroatoms. The molecule has 1 aromatic rings. The van der Waals surface area contributed by atoms with Gasteiger partial charge in [-0.15, -0.1) is 0 Å². The summed E-state index contributed by atoms with van der Waals surface area (Å²) in [5.41, 5.74) is 6.06. The average Bonchev–Trinajstić information content (AvgIpc) is 2.36. The van der Waals surface area contributed by atoms with Gasteiger partial charge in [-0.25, -0.2) is 4.79 Å². The molecule has 0 radical (unpaired) electrons. The summed E-state index contributed by atoms with van der Waals surface area (Å²) >= 11 is 0. The van der Waals surface area contributed by atoms with Crippen LogP contribution in [0.5, 0.6) is 0 Å². The lowest BCUT2D eigenvalue weighted by Crippen LogP contribution is -2.18. The number of pyridine rings is 1. The van der Waals surface area contributed by atoms with Gasteiger partial charge in [0.25, 0.3) is 0 Å². The van der Waals surface area contributed by atoms with Crippen LogP contribution < -0.4 is 5.73 Å². The maximum atomic E-state index is 11.6. The van der Waals surface area contributed by atoms with Crippen LogP contribution in [-0.2, 0) is 19.1 Å². The highest BCUT2D eigenvalue weighted by Crippen LogP contribution is 2.14. The van der Waals surface area contributed by atoms with Crippen LogP contribution in [0.25, 0.3) is 5.70 Å². The first-order valence-electron chi connectivity index (χ1n) is 5.33. The van der Waals surface area contributed by atoms with E-state index in [4.69, 9.17) is 15.2 Å². The summed E-state index contributed by atoms with van der Waals surface area (Å²) in [6, 6.07) is 5.00. The Morgan fingerprint density at radius 3 is 2.61 bits per heavy atom. The Morgan fingerprint density at radius 2 is 2.11 bits per heavy atom. The summed E-state index contributed by atoms with van der Waals surface area (Å²) < 4.78 is 9.55. The number of esters is 2. The molecule has 0 aliphatic rings. The first-order valence-corrected chi connectivity index (χ1v) is 5.33. The lowest BCUT2D eigenvalue weighted by Gasteiger charge is -2.09. The molecule has 1 heterocycles. The van der Waals surface area contributed by atoms with E-state index >= 15 is 0 Å². The lowest BCUT2D eigenvalue weighted by atomic mass is 10.2. The highest BCUT2D eigenvalue weighted by atomic mass is 16.6. The minimum Gasteiger partial charge on any atom is -0.460 e. The summed E-state index contributed by atoms with van der Waals surface area (Å²) in [6.45, 7) is 2.96. The van der Waals surface area contributed by atoms with Crippen molar-refractivity contribution in [2.75, 3.05) is 6.61 Å². The van der Waals surface area contributed by atoms with Gasteiger partial charge in [0.2, 0.25) is 5.76 Å². The molecule has 0 spiro atoms. The predicted molar refractivity (Wildman–Crippen MR) is 63.7 cm³/mol. The predicted octanol–water partition coefficient (Wildman–Crippen LogP) is 0.835. The third-order valence-electron chi connectivity index (χ3n) is 1.89. The molecule has 2 N–H and O–H groups in total. The zero-order valence-corrected chi connectivity index (χ0v) is 10.2. The van der Waals surface area contributed by atoms with Crippen LogP contribution in [-0.4, -0.2) is 23.5 Å². The fourth-order valence-corrected chi connectivity index (χ4v) is 1.19. The van der Waals surface area contributed by atoms with Gasteiger partial charge in [-0.1, -0.05) is 6.07 Å². The molecule has 0 saturated heterocycles. The summed E-state index contributed by atoms with van der Waals surface area (Å²) in [7, 11) is 0. The van der Waals surface area contributed by atoms with Crippen molar-refractivity contribution in [3.8, 4) is 0 Å². The maximum Gasteiger partial charge on any atom is 0.376 e. The molecule has 0 aliphatic carbocycles. The van der Waals surface area contributed by atoms with Crippen LogP contribution in [0.15, 0.2) is 30.2 Å². The number of aromatic nitrogens is 1. The average molecular weight is 250 g/mol. The van der Waals surface area contributed by atoms with Crippen molar-refractivity contribution in [2.24, 2.45) is 5.73 Å². The molecule has 1 rings (SSSR count). The Bertz CT molecular complexity index is 468. The molecule has 6 nitrogen and oxygen atoms in total. The van der Waals surface area contributed by atoms with Crippen LogP contribution in [0.4, 0.5) is 0 Å². The molecule has 0 fully saturated rings. The molecule has 0 bridgehead atoms. The molecule has 0 saturated carbocycles. The summed E-state index contributed by atoms with van der Waals surface area (Å²) in [4.78, 5) is 26.6. The maximum absolute atomic E-state index is 11.6. The third-order valence-corrected chi connectivity index (χ3v) is 1.89. The van der Waals surface area contributed by atoms with Crippen molar-refractivity contribution >= 4 is 17.6 Å². The summed E-state index contributed by atoms with van der Waals surface area (Å²) in [5.74, 6) is -1.80. The van der Waals surface area contributed by atoms with Crippen molar-refractivity contribution in [3.05, 3.63) is 35.8 Å². The van der Waals surface area contributed by atoms with Gasteiger partial charge in [0.15, 0.2) is 0 Å². The van der Waals surface area contributed by atoms with Gasteiger partial charge in [-0.2, -0.15) is 0 Å². The summed E-state index contributed by atoms with van der Waals surface area (Å²) in [6.07, 6.45) is 1.51. The standard InChI is InChI=1S/C12H14N2O4/c1-3-17-12(16)11(18-8(2)15)10(13)9-6-4-5-7-14-9/h4-7H,3,13H2,1-2H3/b11-10-. The van der Waals surface area contributed by atoms with Gasteiger partial charge < -0.3 is 15.2 Å². The second-order valence-corrected chi connectivity index (χ2v) is 3.27. The van der Waals surface area contributed by atoms with Crippen LogP contribution in [0, 0.1) is 0 Å². The number of hydrogen-bond acceptors (Lipinski definition) is 6. The van der Waals surface area contributed by atoms with Crippen LogP contribution in [0.2, 0.25) is 0 Å². The minimum atomic E-state index is -0.796. The highest BCUT2D eigenvalue weighted by Gasteiger charge is 2.20. The van der Waals surface area contributed by atoms with E-state index in [-0.39, 0.29) is 18.1 Å². The van der Waals surface area contributed by atoms with E-state index in [9.17, 15) is 9.59 Å². The van der Waals surface area contributed by atoms with E-state index in [0.717, 1.165) is 0 Å². The van der Waals surface area contributed by atoms with E-state index in [0.29, 0.717) is 5.69 Å². The van der Waals surface area contributed by atoms with E-state index in [1.807, 2.05) is 0 Å². The molecule has 0 unspecified atom stereocenters. The normalized spacial score (nSPS) is 11.4. The van der Waals surface area contributed by atoms with E-state index in [1.54, 1.807) is 25.1 Å². The zero-order valence-electron chi connectivity index (χ0n) is 10.2. The fraction of sp³-hybridized carbons (Fsp3) is 0.250. The number of carbonyl (C=O) groups is 2. The smallest absolute Gasteiger partial charge is 0.376 e. The number of ether oxygens (including phenoxy) is 2. The van der Waals surface area contributed by atoms with E-state index in [2.05, 4.69) is 4.98 Å². The highest BCUT2D eigenvalue weighted by molar-refractivity contribution is 5.96. The Kier molecular flexibility index (Phi) is 4.86. The molecule has 0 amide bonds. The van der Waals surface area contributed by atoms with Gasteiger partial charge in [-0.05, 0) is 19.1 Å². The second-order valence-electron chi connectivity index (χ2n) is 3.27. The summed E-state index contributed by atoms with van der Waals surface area (Å²) in [5, 5.41) is 0. The molecular weight excluding hydrogens is 236 g/mol. The van der Waals surface area contributed by atoms with Crippen molar-refractivity contribution in [1.82, 2.24) is 4.98 Å². The lowest BCUT2D eigenvalue weighted by molar-refractivity contribution is -0.149. The van der Waals surface area contributed by atoms with Gasteiger partial charge in [0.1, 0.15) is 5.70 Å². The first kappa shape index (κ1) is 13.7. The Labute approximate surface area is 104 Å². The SMILES string of the molecule is CCOC(=O)/C(OC(C)=O)=C(/N)c1ccccn1. The van der Waals surface area contributed by atoms with Crippen LogP contribution in [0.1, 0.15) is 19.5 Å². The van der Waals surface area contributed by atoms with Crippen molar-refractivity contribution in [1.29, 1.82) is 0 Å². The van der Waals surface area contributed by atoms with Crippen LogP contribution >= 0.6 is 0 Å². The van der Waals surface area contributed by atoms with Crippen molar-refractivity contribution < 1.29 is 19.1 Å². The minimum absolute atomic E-state index is 0.0377. The molecule has 0 atom stereocenters. The molecule has 96 valence electrons. The van der Waals surface area contributed by atoms with Gasteiger partial charge >= 0.3 is 11.9 Å². The Hall–Kier alpha value is -2.37. The number of nitrogens with zero attached hydrogens (tertiary/aromatic N) is 1. The number of nitrogens with two attached hydrogens (primary N) is 1. The zero-order chi connectivity index (χ0) is 13.5. The number of carbonyl (C=O) groups excluding carboxylic acids is 2. The molecular formula is C12H14N2O4. The Balaban J connectivity index is 3.14. The Morgan fingerprint density at radius 1 is 1.39 bits per heavy atom. The third kappa shape index (κ3) is 3.58. The molecule has 1 aromatic heterocycles. The monoisotopic (exact) mass is 250 g/mol. The molecule has 0 aliphatic heterocycles. The van der Waals surface area contributed by atoms with Gasteiger partial charge in [0.05, 0.1) is 12.3 Å². The first-order chi connectivity index (χ1) is 8.56. The molecule has 0 aromatic carbocycles. The number of hydrogen-bond donors (Lipinski definition) is 1. The van der Waals surface area contributed by atoms with Crippen molar-refractivity contribution in [2.45, 2.75) is 13.8 Å². The second kappa shape index (κ2) is 6.39. The van der Waals surface area contributed by atoms with E-state index in [1.165, 1.54) is 13.1 Å². The van der Waals surface area contributed by atoms with E-state index < -0.39 is 11.9 Å².